The molecular formula is C19H28N4S. The Bertz CT molecular complexity index is 658. The van der Waals surface area contributed by atoms with Crippen LogP contribution >= 0.6 is 11.3 Å². The Morgan fingerprint density at radius 1 is 1.21 bits per heavy atom. The number of guanidine groups is 1. The molecule has 130 valence electrons. The molecule has 0 amide bonds. The average Bonchev–Trinajstić information content (AvgIpc) is 2.96. The summed E-state index contributed by atoms with van der Waals surface area (Å²) in [6, 6.07) is 9.06. The lowest BCUT2D eigenvalue weighted by Crippen LogP contribution is -2.38. The minimum absolute atomic E-state index is 0.201. The highest BCUT2D eigenvalue weighted by molar-refractivity contribution is 7.09. The molecular weight excluding hydrogens is 316 g/mol. The first-order valence-corrected chi connectivity index (χ1v) is 9.32. The van der Waals surface area contributed by atoms with Gasteiger partial charge in [0, 0.05) is 11.9 Å². The molecule has 0 saturated carbocycles. The zero-order chi connectivity index (χ0) is 17.5. The number of thiazole rings is 1. The van der Waals surface area contributed by atoms with Crippen LogP contribution in [0.1, 0.15) is 48.5 Å². The quantitative estimate of drug-likeness (QED) is 0.613. The highest BCUT2D eigenvalue weighted by atomic mass is 32.1. The fourth-order valence-corrected chi connectivity index (χ4v) is 3.27. The van der Waals surface area contributed by atoms with Crippen molar-refractivity contribution in [1.82, 2.24) is 15.6 Å². The zero-order valence-corrected chi connectivity index (χ0v) is 16.1. The van der Waals surface area contributed by atoms with Crippen molar-refractivity contribution >= 4 is 17.3 Å². The van der Waals surface area contributed by atoms with Crippen LogP contribution in [0.4, 0.5) is 0 Å². The fourth-order valence-electron chi connectivity index (χ4n) is 2.56. The zero-order valence-electron chi connectivity index (χ0n) is 15.3. The molecule has 0 aliphatic carbocycles. The van der Waals surface area contributed by atoms with Crippen molar-refractivity contribution < 1.29 is 0 Å². The van der Waals surface area contributed by atoms with E-state index in [1.807, 2.05) is 12.4 Å². The Kier molecular flexibility index (Phi) is 6.79. The Morgan fingerprint density at radius 3 is 2.46 bits per heavy atom. The van der Waals surface area contributed by atoms with Crippen molar-refractivity contribution in [1.29, 1.82) is 0 Å². The van der Waals surface area contributed by atoms with E-state index in [1.54, 1.807) is 18.4 Å². The van der Waals surface area contributed by atoms with Gasteiger partial charge in [0.05, 0.1) is 23.8 Å². The predicted octanol–water partition coefficient (Wildman–Crippen LogP) is 4.08. The van der Waals surface area contributed by atoms with E-state index in [-0.39, 0.29) is 6.04 Å². The maximum absolute atomic E-state index is 4.32. The van der Waals surface area contributed by atoms with Gasteiger partial charge in [-0.2, -0.15) is 0 Å². The molecule has 0 aliphatic rings. The number of nitrogens with zero attached hydrogens (tertiary/aromatic N) is 2. The first-order valence-electron chi connectivity index (χ1n) is 8.44. The summed E-state index contributed by atoms with van der Waals surface area (Å²) in [6.07, 6.45) is 1.12. The van der Waals surface area contributed by atoms with Gasteiger partial charge in [-0.1, -0.05) is 38.1 Å². The molecule has 0 spiro atoms. The second kappa shape index (κ2) is 8.83. The van der Waals surface area contributed by atoms with Gasteiger partial charge in [0.1, 0.15) is 0 Å². The summed E-state index contributed by atoms with van der Waals surface area (Å²) in [6.45, 7) is 9.43. The number of aryl methyl sites for hydroxylation is 1. The Labute approximate surface area is 149 Å². The summed E-state index contributed by atoms with van der Waals surface area (Å²) in [4.78, 5) is 9.83. The molecule has 24 heavy (non-hydrogen) atoms. The van der Waals surface area contributed by atoms with Crippen molar-refractivity contribution in [3.05, 3.63) is 51.5 Å². The molecule has 0 fully saturated rings. The van der Waals surface area contributed by atoms with Crippen LogP contribution in [0.25, 0.3) is 0 Å². The third-order valence-corrected chi connectivity index (χ3v) is 4.90. The van der Waals surface area contributed by atoms with E-state index in [0.717, 1.165) is 24.6 Å². The predicted molar refractivity (Wildman–Crippen MR) is 104 cm³/mol. The Balaban J connectivity index is 1.91. The lowest BCUT2D eigenvalue weighted by atomic mass is 10.00. The van der Waals surface area contributed by atoms with Crippen molar-refractivity contribution in [3.8, 4) is 0 Å². The molecule has 1 aromatic carbocycles. The van der Waals surface area contributed by atoms with Crippen LogP contribution in [0.3, 0.4) is 0 Å². The molecule has 1 atom stereocenters. The van der Waals surface area contributed by atoms with Gasteiger partial charge < -0.3 is 10.6 Å². The van der Waals surface area contributed by atoms with E-state index >= 15 is 0 Å². The van der Waals surface area contributed by atoms with Gasteiger partial charge >= 0.3 is 0 Å². The molecule has 1 heterocycles. The summed E-state index contributed by atoms with van der Waals surface area (Å²) in [7, 11) is 1.80. The van der Waals surface area contributed by atoms with Crippen LogP contribution in [-0.4, -0.2) is 18.0 Å². The standard InChI is InChI=1S/C19H28N4S/c1-13(2)10-16-6-8-17(9-7-16)14(3)23-19(20-5)21-11-18-15(4)22-12-24-18/h6-9,12-14H,10-11H2,1-5H3,(H2,20,21,23). The molecule has 1 aromatic heterocycles. The smallest absolute Gasteiger partial charge is 0.191 e. The fraction of sp³-hybridized carbons (Fsp3) is 0.474. The van der Waals surface area contributed by atoms with Gasteiger partial charge in [-0.05, 0) is 37.3 Å². The normalized spacial score (nSPS) is 13.2. The molecule has 0 radical (unpaired) electrons. The largest absolute Gasteiger partial charge is 0.351 e. The van der Waals surface area contributed by atoms with E-state index in [1.165, 1.54) is 16.0 Å². The van der Waals surface area contributed by atoms with Crippen LogP contribution in [-0.2, 0) is 13.0 Å². The maximum atomic E-state index is 4.32. The molecule has 4 nitrogen and oxygen atoms in total. The van der Waals surface area contributed by atoms with E-state index in [0.29, 0.717) is 5.92 Å². The summed E-state index contributed by atoms with van der Waals surface area (Å²) >= 11 is 1.67. The lowest BCUT2D eigenvalue weighted by molar-refractivity contribution is 0.645. The van der Waals surface area contributed by atoms with Crippen LogP contribution in [0, 0.1) is 12.8 Å². The number of nitrogens with one attached hydrogen (secondary N) is 2. The molecule has 2 rings (SSSR count). The number of hydrogen-bond donors (Lipinski definition) is 2. The van der Waals surface area contributed by atoms with Gasteiger partial charge in [-0.3, -0.25) is 4.99 Å². The number of rotatable bonds is 6. The lowest BCUT2D eigenvalue weighted by Gasteiger charge is -2.18. The highest BCUT2D eigenvalue weighted by Gasteiger charge is 2.09. The maximum Gasteiger partial charge on any atom is 0.191 e. The van der Waals surface area contributed by atoms with Crippen LogP contribution < -0.4 is 10.6 Å². The third kappa shape index (κ3) is 5.34. The molecule has 5 heteroatoms. The summed E-state index contributed by atoms with van der Waals surface area (Å²) < 4.78 is 0. The molecule has 0 bridgehead atoms. The first-order chi connectivity index (χ1) is 11.5. The highest BCUT2D eigenvalue weighted by Crippen LogP contribution is 2.16. The minimum atomic E-state index is 0.201. The molecule has 2 N–H and O–H groups in total. The van der Waals surface area contributed by atoms with Crippen LogP contribution in [0.5, 0.6) is 0 Å². The topological polar surface area (TPSA) is 49.3 Å². The van der Waals surface area contributed by atoms with Crippen molar-refractivity contribution in [3.63, 3.8) is 0 Å². The van der Waals surface area contributed by atoms with Gasteiger partial charge in [0.25, 0.3) is 0 Å². The van der Waals surface area contributed by atoms with Crippen molar-refractivity contribution in [2.24, 2.45) is 10.9 Å². The van der Waals surface area contributed by atoms with Crippen LogP contribution in [0.15, 0.2) is 34.8 Å². The van der Waals surface area contributed by atoms with E-state index < -0.39 is 0 Å². The first kappa shape index (κ1) is 18.5. The van der Waals surface area contributed by atoms with Crippen LogP contribution in [0.2, 0.25) is 0 Å². The van der Waals surface area contributed by atoms with E-state index in [4.69, 9.17) is 0 Å². The number of hydrogen-bond acceptors (Lipinski definition) is 3. The third-order valence-electron chi connectivity index (χ3n) is 3.96. The Morgan fingerprint density at radius 2 is 1.92 bits per heavy atom. The van der Waals surface area contributed by atoms with Gasteiger partial charge in [-0.15, -0.1) is 11.3 Å². The molecule has 1 unspecified atom stereocenters. The van der Waals surface area contributed by atoms with Crippen molar-refractivity contribution in [2.75, 3.05) is 7.05 Å². The molecule has 0 saturated heterocycles. The number of aromatic nitrogens is 1. The van der Waals surface area contributed by atoms with E-state index in [9.17, 15) is 0 Å². The van der Waals surface area contributed by atoms with Crippen molar-refractivity contribution in [2.45, 2.75) is 46.7 Å². The number of aliphatic imine (C=N–C) groups is 1. The second-order valence-electron chi connectivity index (χ2n) is 6.49. The molecule has 2 aromatic rings. The molecule has 0 aliphatic heterocycles. The van der Waals surface area contributed by atoms with Gasteiger partial charge in [0.15, 0.2) is 5.96 Å². The summed E-state index contributed by atoms with van der Waals surface area (Å²) in [5, 5.41) is 6.81. The monoisotopic (exact) mass is 344 g/mol. The van der Waals surface area contributed by atoms with E-state index in [2.05, 4.69) is 65.6 Å². The summed E-state index contributed by atoms with van der Waals surface area (Å²) in [5.41, 5.74) is 5.62. The Hall–Kier alpha value is -1.88. The average molecular weight is 345 g/mol. The second-order valence-corrected chi connectivity index (χ2v) is 7.43. The number of benzene rings is 1. The summed E-state index contributed by atoms with van der Waals surface area (Å²) in [5.74, 6) is 1.49. The van der Waals surface area contributed by atoms with Gasteiger partial charge in [-0.25, -0.2) is 4.98 Å². The SMILES string of the molecule is CN=C(NCc1scnc1C)NC(C)c1ccc(CC(C)C)cc1. The minimum Gasteiger partial charge on any atom is -0.351 e. The van der Waals surface area contributed by atoms with Gasteiger partial charge in [0.2, 0.25) is 0 Å².